The third-order valence-electron chi connectivity index (χ3n) is 6.49. The molecule has 0 radical (unpaired) electrons. The molecule has 208 valence electrons. The number of hydrogen-bond donors (Lipinski definition) is 2. The Morgan fingerprint density at radius 3 is 2.45 bits per heavy atom. The Morgan fingerprint density at radius 2 is 1.80 bits per heavy atom. The third-order valence-corrected chi connectivity index (χ3v) is 6.49. The number of rotatable bonds is 9. The molecule has 0 aliphatic rings. The number of aromatic nitrogens is 4. The van der Waals surface area contributed by atoms with Crippen LogP contribution in [0.1, 0.15) is 49.8 Å². The number of Topliss-reactive ketones (excluding diaryl/α,β-unsaturated/α-hetero) is 1. The quantitative estimate of drug-likeness (QED) is 0.301. The van der Waals surface area contributed by atoms with Crippen molar-refractivity contribution in [1.82, 2.24) is 25.1 Å². The largest absolute Gasteiger partial charge is 0.417 e. The standard InChI is InChI=1S/C28H28F2N6O4/c1-15(2)22(23(38)25-34-35-27(40-25)28(3,4)18-11-10-17(29)12-19(18)30)33-21(37)14-36-20(13-32-24(31)26(36)39)16-8-6-5-7-9-16/h5-13,15,22H,14H2,1-4H3,(H2,31,32)(H,33,37)/t22-/m1/s1. The minimum absolute atomic E-state index is 0.0680. The first-order chi connectivity index (χ1) is 18.9. The average molecular weight is 551 g/mol. The molecule has 0 saturated carbocycles. The van der Waals surface area contributed by atoms with Gasteiger partial charge in [-0.15, -0.1) is 10.2 Å². The zero-order valence-electron chi connectivity index (χ0n) is 22.3. The van der Waals surface area contributed by atoms with Gasteiger partial charge in [-0.25, -0.2) is 13.8 Å². The van der Waals surface area contributed by atoms with E-state index in [1.54, 1.807) is 52.0 Å². The summed E-state index contributed by atoms with van der Waals surface area (Å²) in [6.07, 6.45) is 1.40. The lowest BCUT2D eigenvalue weighted by atomic mass is 9.84. The number of carbonyl (C=O) groups is 2. The number of amides is 1. The van der Waals surface area contributed by atoms with E-state index < -0.39 is 52.8 Å². The minimum Gasteiger partial charge on any atom is -0.417 e. The SMILES string of the molecule is CC(C)[C@@H](NC(=O)Cn1c(-c2ccccc2)cnc(N)c1=O)C(=O)c1nnc(C(C)(C)c2ccc(F)cc2F)o1. The molecule has 2 aromatic heterocycles. The molecular weight excluding hydrogens is 522 g/mol. The maximum atomic E-state index is 14.5. The second kappa shape index (κ2) is 11.2. The maximum absolute atomic E-state index is 14.5. The number of halogens is 2. The number of nitrogen functional groups attached to an aromatic ring is 1. The highest BCUT2D eigenvalue weighted by atomic mass is 19.1. The van der Waals surface area contributed by atoms with Crippen molar-refractivity contribution in [3.63, 3.8) is 0 Å². The van der Waals surface area contributed by atoms with Crippen LogP contribution < -0.4 is 16.6 Å². The Labute approximate surface area is 228 Å². The first kappa shape index (κ1) is 28.3. The van der Waals surface area contributed by atoms with Crippen molar-refractivity contribution in [2.45, 2.75) is 45.7 Å². The van der Waals surface area contributed by atoms with Gasteiger partial charge in [0, 0.05) is 11.6 Å². The van der Waals surface area contributed by atoms with Crippen LogP contribution in [0, 0.1) is 17.6 Å². The molecule has 4 rings (SSSR count). The van der Waals surface area contributed by atoms with Gasteiger partial charge < -0.3 is 15.5 Å². The van der Waals surface area contributed by atoms with Gasteiger partial charge in [-0.05, 0) is 31.4 Å². The van der Waals surface area contributed by atoms with Crippen molar-refractivity contribution in [3.8, 4) is 11.3 Å². The molecule has 2 heterocycles. The maximum Gasteiger partial charge on any atom is 0.294 e. The van der Waals surface area contributed by atoms with Gasteiger partial charge in [0.2, 0.25) is 17.6 Å². The number of nitrogens with one attached hydrogen (secondary N) is 1. The summed E-state index contributed by atoms with van der Waals surface area (Å²) in [7, 11) is 0. The topological polar surface area (TPSA) is 146 Å². The molecule has 12 heteroatoms. The van der Waals surface area contributed by atoms with Gasteiger partial charge in [0.15, 0.2) is 5.82 Å². The fourth-order valence-corrected chi connectivity index (χ4v) is 4.22. The van der Waals surface area contributed by atoms with Crippen LogP contribution in [0.2, 0.25) is 0 Å². The van der Waals surface area contributed by atoms with Crippen LogP contribution in [0.4, 0.5) is 14.6 Å². The molecule has 10 nitrogen and oxygen atoms in total. The highest BCUT2D eigenvalue weighted by molar-refractivity contribution is 5.98. The third kappa shape index (κ3) is 5.65. The summed E-state index contributed by atoms with van der Waals surface area (Å²) in [6, 6.07) is 10.9. The first-order valence-electron chi connectivity index (χ1n) is 12.4. The lowest BCUT2D eigenvalue weighted by Crippen LogP contribution is -2.46. The van der Waals surface area contributed by atoms with Gasteiger partial charge in [0.05, 0.1) is 23.3 Å². The number of nitrogens with zero attached hydrogens (tertiary/aromatic N) is 4. The molecule has 0 spiro atoms. The van der Waals surface area contributed by atoms with E-state index in [1.165, 1.54) is 16.8 Å². The fourth-order valence-electron chi connectivity index (χ4n) is 4.22. The molecule has 0 saturated heterocycles. The van der Waals surface area contributed by atoms with Gasteiger partial charge in [-0.1, -0.05) is 50.2 Å². The van der Waals surface area contributed by atoms with Gasteiger partial charge in [-0.2, -0.15) is 0 Å². The highest BCUT2D eigenvalue weighted by Crippen LogP contribution is 2.32. The van der Waals surface area contributed by atoms with Crippen LogP contribution in [0.25, 0.3) is 11.3 Å². The summed E-state index contributed by atoms with van der Waals surface area (Å²) in [4.78, 5) is 43.1. The second-order valence-electron chi connectivity index (χ2n) is 10.1. The molecule has 2 aromatic carbocycles. The van der Waals surface area contributed by atoms with Gasteiger partial charge in [0.25, 0.3) is 11.4 Å². The van der Waals surface area contributed by atoms with E-state index in [2.05, 4.69) is 20.5 Å². The Kier molecular flexibility index (Phi) is 7.89. The van der Waals surface area contributed by atoms with E-state index in [1.807, 2.05) is 6.07 Å². The van der Waals surface area contributed by atoms with Crippen molar-refractivity contribution in [1.29, 1.82) is 0 Å². The number of carbonyl (C=O) groups excluding carboxylic acids is 2. The van der Waals surface area contributed by atoms with E-state index in [0.717, 1.165) is 12.1 Å². The highest BCUT2D eigenvalue weighted by Gasteiger charge is 2.35. The van der Waals surface area contributed by atoms with Crippen molar-refractivity contribution < 1.29 is 22.8 Å². The lowest BCUT2D eigenvalue weighted by Gasteiger charge is -2.22. The van der Waals surface area contributed by atoms with E-state index in [4.69, 9.17) is 10.2 Å². The average Bonchev–Trinajstić information content (AvgIpc) is 3.41. The van der Waals surface area contributed by atoms with E-state index in [9.17, 15) is 23.2 Å². The monoisotopic (exact) mass is 550 g/mol. The summed E-state index contributed by atoms with van der Waals surface area (Å²) in [5, 5.41) is 10.4. The van der Waals surface area contributed by atoms with Gasteiger partial charge in [0.1, 0.15) is 18.2 Å². The van der Waals surface area contributed by atoms with E-state index in [-0.39, 0.29) is 23.2 Å². The summed E-state index contributed by atoms with van der Waals surface area (Å²) < 4.78 is 34.7. The Bertz CT molecular complexity index is 1610. The normalized spacial score (nSPS) is 12.4. The van der Waals surface area contributed by atoms with Gasteiger partial charge in [-0.3, -0.25) is 19.0 Å². The van der Waals surface area contributed by atoms with Crippen molar-refractivity contribution in [2.75, 3.05) is 5.73 Å². The Morgan fingerprint density at radius 1 is 1.10 bits per heavy atom. The van der Waals surface area contributed by atoms with Crippen molar-refractivity contribution in [2.24, 2.45) is 5.92 Å². The molecule has 0 aliphatic carbocycles. The molecule has 1 atom stereocenters. The summed E-state index contributed by atoms with van der Waals surface area (Å²) in [6.45, 7) is 6.18. The Hall–Kier alpha value is -4.74. The smallest absolute Gasteiger partial charge is 0.294 e. The summed E-state index contributed by atoms with van der Waals surface area (Å²) in [5.74, 6) is -3.97. The molecule has 40 heavy (non-hydrogen) atoms. The minimum atomic E-state index is -1.18. The summed E-state index contributed by atoms with van der Waals surface area (Å²) in [5.41, 5.74) is 5.00. The van der Waals surface area contributed by atoms with Crippen LogP contribution in [0.15, 0.2) is 63.9 Å². The van der Waals surface area contributed by atoms with Crippen LogP contribution in [0.3, 0.4) is 0 Å². The molecule has 0 unspecified atom stereocenters. The molecular formula is C28H28F2N6O4. The number of hydrogen-bond acceptors (Lipinski definition) is 8. The van der Waals surface area contributed by atoms with Gasteiger partial charge >= 0.3 is 0 Å². The van der Waals surface area contributed by atoms with Crippen LogP contribution in [0.5, 0.6) is 0 Å². The molecule has 0 fully saturated rings. The molecule has 0 aliphatic heterocycles. The first-order valence-corrected chi connectivity index (χ1v) is 12.4. The second-order valence-corrected chi connectivity index (χ2v) is 10.1. The molecule has 4 aromatic rings. The van der Waals surface area contributed by atoms with Crippen LogP contribution in [-0.2, 0) is 16.8 Å². The zero-order chi connectivity index (χ0) is 29.2. The Balaban J connectivity index is 1.57. The fraction of sp³-hybridized carbons (Fsp3) is 0.286. The molecule has 1 amide bonds. The molecule has 0 bridgehead atoms. The number of nitrogens with two attached hydrogens (primary N) is 1. The van der Waals surface area contributed by atoms with Crippen molar-refractivity contribution >= 4 is 17.5 Å². The molecule has 3 N–H and O–H groups in total. The van der Waals surface area contributed by atoms with E-state index in [0.29, 0.717) is 11.3 Å². The number of benzene rings is 2. The van der Waals surface area contributed by atoms with E-state index >= 15 is 0 Å². The number of ketones is 1. The number of anilines is 1. The zero-order valence-corrected chi connectivity index (χ0v) is 22.3. The van der Waals surface area contributed by atoms with Crippen LogP contribution >= 0.6 is 0 Å². The van der Waals surface area contributed by atoms with Crippen LogP contribution in [-0.4, -0.2) is 37.5 Å². The predicted octanol–water partition coefficient (Wildman–Crippen LogP) is 3.50. The van der Waals surface area contributed by atoms with Crippen molar-refractivity contribution in [3.05, 3.63) is 94.1 Å². The summed E-state index contributed by atoms with van der Waals surface area (Å²) >= 11 is 0. The lowest BCUT2D eigenvalue weighted by molar-refractivity contribution is -0.122. The predicted molar refractivity (Wildman–Crippen MR) is 142 cm³/mol.